The first-order chi connectivity index (χ1) is 11.2. The van der Waals surface area contributed by atoms with Gasteiger partial charge in [-0.1, -0.05) is 60.2 Å². The number of nitrogens with one attached hydrogen (secondary N) is 1. The zero-order valence-corrected chi connectivity index (χ0v) is 13.3. The molecule has 1 N–H and O–H groups in total. The van der Waals surface area contributed by atoms with Crippen LogP contribution in [0.15, 0.2) is 66.7 Å². The zero-order valence-electron chi connectivity index (χ0n) is 13.3. The normalized spacial score (nSPS) is 10.1. The molecular formula is C21H18N2. The summed E-state index contributed by atoms with van der Waals surface area (Å²) in [5.41, 5.74) is 7.86. The summed E-state index contributed by atoms with van der Waals surface area (Å²) in [6, 6.07) is 22.8. The van der Waals surface area contributed by atoms with E-state index in [1.54, 1.807) is 0 Å². The molecule has 0 aliphatic rings. The average molecular weight is 298 g/mol. The molecule has 0 atom stereocenters. The Labute approximate surface area is 137 Å². The summed E-state index contributed by atoms with van der Waals surface area (Å²) in [5.74, 6) is 0. The summed E-state index contributed by atoms with van der Waals surface area (Å²) in [4.78, 5) is 0. The molecule has 0 bridgehead atoms. The molecule has 0 radical (unpaired) electrons. The fraction of sp³-hybridized carbons (Fsp3) is 0.0952. The van der Waals surface area contributed by atoms with Crippen LogP contribution in [-0.4, -0.2) is 0 Å². The lowest BCUT2D eigenvalue weighted by atomic mass is 9.91. The standard InChI is InChI=1S/C21H18N2/c1-15-8-10-18(11-9-15)21-13-19(23-14-22)12-20(16(21)2)17-6-4-3-5-7-17/h3-13,23H,1-2H3. The number of anilines is 1. The summed E-state index contributed by atoms with van der Waals surface area (Å²) < 4.78 is 0. The maximum absolute atomic E-state index is 8.99. The van der Waals surface area contributed by atoms with E-state index in [1.165, 1.54) is 11.1 Å². The van der Waals surface area contributed by atoms with Gasteiger partial charge in [0.05, 0.1) is 0 Å². The van der Waals surface area contributed by atoms with Crippen molar-refractivity contribution in [3.05, 3.63) is 77.9 Å². The number of nitriles is 1. The third-order valence-electron chi connectivity index (χ3n) is 4.06. The predicted octanol–water partition coefficient (Wildman–Crippen LogP) is 5.53. The highest BCUT2D eigenvalue weighted by molar-refractivity contribution is 5.82. The van der Waals surface area contributed by atoms with Crippen LogP contribution in [0.25, 0.3) is 22.3 Å². The van der Waals surface area contributed by atoms with Gasteiger partial charge in [0.15, 0.2) is 6.19 Å². The molecule has 0 saturated carbocycles. The SMILES string of the molecule is Cc1ccc(-c2cc(NC#N)cc(-c3ccccc3)c2C)cc1. The summed E-state index contributed by atoms with van der Waals surface area (Å²) in [6.07, 6.45) is 2.02. The Morgan fingerprint density at radius 2 is 1.35 bits per heavy atom. The van der Waals surface area contributed by atoms with Gasteiger partial charge in [0.2, 0.25) is 0 Å². The van der Waals surface area contributed by atoms with Gasteiger partial charge in [0, 0.05) is 5.69 Å². The fourth-order valence-electron chi connectivity index (χ4n) is 2.80. The first-order valence-electron chi connectivity index (χ1n) is 7.61. The molecule has 2 heteroatoms. The topological polar surface area (TPSA) is 35.8 Å². The molecule has 0 fully saturated rings. The van der Waals surface area contributed by atoms with Crippen LogP contribution in [-0.2, 0) is 0 Å². The van der Waals surface area contributed by atoms with E-state index in [1.807, 2.05) is 36.5 Å². The van der Waals surface area contributed by atoms with Crippen molar-refractivity contribution >= 4 is 5.69 Å². The second-order valence-electron chi connectivity index (χ2n) is 5.67. The van der Waals surface area contributed by atoms with Gasteiger partial charge in [-0.3, -0.25) is 5.32 Å². The number of hydrogen-bond donors (Lipinski definition) is 1. The van der Waals surface area contributed by atoms with Gasteiger partial charge in [0.1, 0.15) is 0 Å². The van der Waals surface area contributed by atoms with Crippen molar-refractivity contribution in [2.45, 2.75) is 13.8 Å². The van der Waals surface area contributed by atoms with E-state index >= 15 is 0 Å². The first-order valence-corrected chi connectivity index (χ1v) is 7.61. The lowest BCUT2D eigenvalue weighted by Gasteiger charge is -2.15. The summed E-state index contributed by atoms with van der Waals surface area (Å²) in [5, 5.41) is 11.8. The molecule has 0 amide bonds. The molecule has 0 saturated heterocycles. The molecule has 3 rings (SSSR count). The van der Waals surface area contributed by atoms with Gasteiger partial charge in [-0.05, 0) is 53.8 Å². The Balaban J connectivity index is 2.21. The third kappa shape index (κ3) is 3.09. The molecule has 112 valence electrons. The van der Waals surface area contributed by atoms with Crippen molar-refractivity contribution in [2.75, 3.05) is 5.32 Å². The van der Waals surface area contributed by atoms with Crippen LogP contribution in [0, 0.1) is 25.3 Å². The Bertz CT molecular complexity index is 857. The van der Waals surface area contributed by atoms with Crippen LogP contribution in [0.1, 0.15) is 11.1 Å². The highest BCUT2D eigenvalue weighted by Crippen LogP contribution is 2.35. The molecule has 3 aromatic rings. The van der Waals surface area contributed by atoms with Crippen LogP contribution in [0.3, 0.4) is 0 Å². The van der Waals surface area contributed by atoms with E-state index in [0.29, 0.717) is 0 Å². The summed E-state index contributed by atoms with van der Waals surface area (Å²) >= 11 is 0. The number of aryl methyl sites for hydroxylation is 1. The Morgan fingerprint density at radius 1 is 0.783 bits per heavy atom. The van der Waals surface area contributed by atoms with E-state index in [2.05, 4.69) is 55.6 Å². The van der Waals surface area contributed by atoms with Gasteiger partial charge < -0.3 is 0 Å². The van der Waals surface area contributed by atoms with Crippen LogP contribution < -0.4 is 5.32 Å². The average Bonchev–Trinajstić information content (AvgIpc) is 2.58. The fourth-order valence-corrected chi connectivity index (χ4v) is 2.80. The summed E-state index contributed by atoms with van der Waals surface area (Å²) in [7, 11) is 0. The van der Waals surface area contributed by atoms with E-state index in [0.717, 1.165) is 27.9 Å². The molecule has 0 unspecified atom stereocenters. The lowest BCUT2D eigenvalue weighted by Crippen LogP contribution is -1.94. The second kappa shape index (κ2) is 6.37. The number of benzene rings is 3. The van der Waals surface area contributed by atoms with Crippen molar-refractivity contribution in [3.63, 3.8) is 0 Å². The van der Waals surface area contributed by atoms with Crippen LogP contribution in [0.5, 0.6) is 0 Å². The quantitative estimate of drug-likeness (QED) is 0.509. The number of rotatable bonds is 3. The molecule has 23 heavy (non-hydrogen) atoms. The summed E-state index contributed by atoms with van der Waals surface area (Å²) in [6.45, 7) is 4.22. The maximum atomic E-state index is 8.99. The molecule has 0 heterocycles. The highest BCUT2D eigenvalue weighted by Gasteiger charge is 2.11. The van der Waals surface area contributed by atoms with Gasteiger partial charge in [-0.15, -0.1) is 0 Å². The van der Waals surface area contributed by atoms with E-state index in [9.17, 15) is 0 Å². The molecule has 0 aliphatic heterocycles. The van der Waals surface area contributed by atoms with Crippen molar-refractivity contribution in [1.82, 2.24) is 0 Å². The largest absolute Gasteiger partial charge is 0.293 e. The van der Waals surface area contributed by atoms with Crippen LogP contribution in [0.2, 0.25) is 0 Å². The molecule has 3 aromatic carbocycles. The Kier molecular flexibility index (Phi) is 4.12. The second-order valence-corrected chi connectivity index (χ2v) is 5.67. The highest BCUT2D eigenvalue weighted by atomic mass is 14.9. The Morgan fingerprint density at radius 3 is 1.91 bits per heavy atom. The lowest BCUT2D eigenvalue weighted by molar-refractivity contribution is 1.41. The van der Waals surface area contributed by atoms with Crippen LogP contribution >= 0.6 is 0 Å². The minimum Gasteiger partial charge on any atom is -0.293 e. The maximum Gasteiger partial charge on any atom is 0.181 e. The minimum absolute atomic E-state index is 0.813. The monoisotopic (exact) mass is 298 g/mol. The van der Waals surface area contributed by atoms with Gasteiger partial charge in [-0.25, -0.2) is 0 Å². The van der Waals surface area contributed by atoms with Crippen molar-refractivity contribution in [1.29, 1.82) is 5.26 Å². The van der Waals surface area contributed by atoms with Crippen molar-refractivity contribution in [3.8, 4) is 28.4 Å². The molecule has 0 spiro atoms. The Hall–Kier alpha value is -3.05. The third-order valence-corrected chi connectivity index (χ3v) is 4.06. The molecule has 2 nitrogen and oxygen atoms in total. The molecule has 0 aliphatic carbocycles. The number of nitrogens with zero attached hydrogens (tertiary/aromatic N) is 1. The molecule has 0 aromatic heterocycles. The first kappa shape index (κ1) is 14.9. The zero-order chi connectivity index (χ0) is 16.2. The van der Waals surface area contributed by atoms with E-state index in [4.69, 9.17) is 5.26 Å². The minimum atomic E-state index is 0.813. The predicted molar refractivity (Wildman–Crippen MR) is 96.0 cm³/mol. The van der Waals surface area contributed by atoms with Crippen molar-refractivity contribution in [2.24, 2.45) is 0 Å². The van der Waals surface area contributed by atoms with Crippen molar-refractivity contribution < 1.29 is 0 Å². The van der Waals surface area contributed by atoms with Crippen LogP contribution in [0.4, 0.5) is 5.69 Å². The van der Waals surface area contributed by atoms with Gasteiger partial charge in [0.25, 0.3) is 0 Å². The van der Waals surface area contributed by atoms with E-state index in [-0.39, 0.29) is 0 Å². The smallest absolute Gasteiger partial charge is 0.181 e. The van der Waals surface area contributed by atoms with Gasteiger partial charge in [-0.2, -0.15) is 5.26 Å². The van der Waals surface area contributed by atoms with Gasteiger partial charge >= 0.3 is 0 Å². The number of hydrogen-bond acceptors (Lipinski definition) is 2. The van der Waals surface area contributed by atoms with E-state index < -0.39 is 0 Å². The molecular weight excluding hydrogens is 280 g/mol.